The first-order chi connectivity index (χ1) is 8.08. The summed E-state index contributed by atoms with van der Waals surface area (Å²) >= 11 is 5.79. The lowest BCUT2D eigenvalue weighted by atomic mass is 10.1. The average Bonchev–Trinajstić information content (AvgIpc) is 2.61. The Kier molecular flexibility index (Phi) is 3.63. The molecule has 0 spiro atoms. The Morgan fingerprint density at radius 1 is 1.47 bits per heavy atom. The predicted octanol–water partition coefficient (Wildman–Crippen LogP) is 1.67. The van der Waals surface area contributed by atoms with E-state index in [-0.39, 0.29) is 16.2 Å². The van der Waals surface area contributed by atoms with Crippen LogP contribution in [0.3, 0.4) is 0 Å². The van der Waals surface area contributed by atoms with Crippen molar-refractivity contribution in [3.8, 4) is 0 Å². The van der Waals surface area contributed by atoms with Crippen molar-refractivity contribution >= 4 is 36.3 Å². The fourth-order valence-electron chi connectivity index (χ4n) is 1.56. The summed E-state index contributed by atoms with van der Waals surface area (Å²) in [6.07, 6.45) is 0. The molecule has 0 saturated carbocycles. The van der Waals surface area contributed by atoms with E-state index in [9.17, 15) is 9.59 Å². The molecule has 0 aromatic heterocycles. The lowest BCUT2D eigenvalue weighted by molar-refractivity contribution is -0.127. The zero-order valence-electron chi connectivity index (χ0n) is 8.87. The fraction of sp³-hybridized carbons (Fsp3) is 0.273. The molecule has 1 aromatic carbocycles. The molecule has 1 aromatic rings. The molecule has 90 valence electrons. The van der Waals surface area contributed by atoms with E-state index in [0.717, 1.165) is 5.56 Å². The first kappa shape index (κ1) is 12.3. The number of carbonyl (C=O) groups excluding carboxylic acids is 1. The summed E-state index contributed by atoms with van der Waals surface area (Å²) in [6.45, 7) is 0.472. The Balaban J connectivity index is 2.08. The van der Waals surface area contributed by atoms with E-state index in [1.54, 1.807) is 29.2 Å². The van der Waals surface area contributed by atoms with Gasteiger partial charge in [-0.25, -0.2) is 4.79 Å². The third-order valence-electron chi connectivity index (χ3n) is 2.50. The summed E-state index contributed by atoms with van der Waals surface area (Å²) in [4.78, 5) is 23.9. The van der Waals surface area contributed by atoms with E-state index < -0.39 is 5.97 Å². The van der Waals surface area contributed by atoms with Gasteiger partial charge in [0, 0.05) is 6.54 Å². The molecule has 1 aliphatic rings. The maximum atomic E-state index is 11.5. The number of carboxylic acids is 1. The van der Waals surface area contributed by atoms with Gasteiger partial charge in [-0.15, -0.1) is 24.4 Å². The van der Waals surface area contributed by atoms with Crippen LogP contribution in [0.1, 0.15) is 15.9 Å². The number of aromatic carboxylic acids is 1. The van der Waals surface area contributed by atoms with Crippen molar-refractivity contribution in [3.63, 3.8) is 0 Å². The largest absolute Gasteiger partial charge is 0.478 e. The smallest absolute Gasteiger partial charge is 0.335 e. The molecule has 1 N–H and O–H groups in total. The van der Waals surface area contributed by atoms with Crippen LogP contribution in [-0.4, -0.2) is 32.3 Å². The number of thiol groups is 1. The van der Waals surface area contributed by atoms with Crippen LogP contribution < -0.4 is 0 Å². The maximum Gasteiger partial charge on any atom is 0.335 e. The summed E-state index contributed by atoms with van der Waals surface area (Å²) in [7, 11) is 0. The van der Waals surface area contributed by atoms with Crippen LogP contribution in [0.15, 0.2) is 24.3 Å². The number of rotatable bonds is 3. The summed E-state index contributed by atoms with van der Waals surface area (Å²) in [5, 5.41) is 8.76. The molecule has 1 fully saturated rings. The van der Waals surface area contributed by atoms with Gasteiger partial charge >= 0.3 is 5.97 Å². The van der Waals surface area contributed by atoms with Crippen LogP contribution in [0, 0.1) is 0 Å². The molecule has 0 bridgehead atoms. The first-order valence-electron chi connectivity index (χ1n) is 4.99. The first-order valence-corrected chi connectivity index (χ1v) is 6.56. The molecule has 6 heteroatoms. The van der Waals surface area contributed by atoms with Gasteiger partial charge < -0.3 is 10.0 Å². The van der Waals surface area contributed by atoms with Gasteiger partial charge in [0.2, 0.25) is 5.91 Å². The molecule has 2 rings (SSSR count). The van der Waals surface area contributed by atoms with Gasteiger partial charge in [0.15, 0.2) is 0 Å². The molecular formula is C11H11NO3S2. The van der Waals surface area contributed by atoms with Crippen LogP contribution in [0.25, 0.3) is 0 Å². The standard InChI is InChI=1S/C11H11NO3S2/c13-9-6-17-11(16)12(9)5-7-1-3-8(4-2-7)10(14)15/h1-4,11,16H,5-6H2,(H,14,15). The van der Waals surface area contributed by atoms with E-state index in [1.807, 2.05) is 0 Å². The lowest BCUT2D eigenvalue weighted by Gasteiger charge is -2.19. The van der Waals surface area contributed by atoms with Crippen molar-refractivity contribution in [3.05, 3.63) is 35.4 Å². The number of benzene rings is 1. The highest BCUT2D eigenvalue weighted by Crippen LogP contribution is 2.28. The maximum absolute atomic E-state index is 11.5. The predicted molar refractivity (Wildman–Crippen MR) is 69.2 cm³/mol. The number of carbonyl (C=O) groups is 2. The van der Waals surface area contributed by atoms with E-state index >= 15 is 0 Å². The van der Waals surface area contributed by atoms with Crippen LogP contribution >= 0.6 is 24.4 Å². The number of hydrogen-bond acceptors (Lipinski definition) is 4. The molecule has 1 amide bonds. The molecule has 1 saturated heterocycles. The lowest BCUT2D eigenvalue weighted by Crippen LogP contribution is -2.29. The van der Waals surface area contributed by atoms with E-state index in [1.165, 1.54) is 11.8 Å². The molecule has 0 aliphatic carbocycles. The Morgan fingerprint density at radius 3 is 2.59 bits per heavy atom. The normalized spacial score (nSPS) is 19.7. The highest BCUT2D eigenvalue weighted by Gasteiger charge is 2.28. The number of amides is 1. The summed E-state index contributed by atoms with van der Waals surface area (Å²) < 4.78 is -0.110. The third kappa shape index (κ3) is 2.76. The van der Waals surface area contributed by atoms with Gasteiger partial charge in [-0.2, -0.15) is 0 Å². The second-order valence-electron chi connectivity index (χ2n) is 3.66. The van der Waals surface area contributed by atoms with Gasteiger partial charge in [0.1, 0.15) is 4.71 Å². The fourth-order valence-corrected chi connectivity index (χ4v) is 2.82. The third-order valence-corrected chi connectivity index (χ3v) is 4.19. The number of thioether (sulfide) groups is 1. The SMILES string of the molecule is O=C(O)c1ccc(CN2C(=O)CSC2S)cc1. The van der Waals surface area contributed by atoms with E-state index in [4.69, 9.17) is 5.11 Å². The highest BCUT2D eigenvalue weighted by molar-refractivity contribution is 8.11. The molecule has 1 atom stereocenters. The van der Waals surface area contributed by atoms with Gasteiger partial charge in [-0.05, 0) is 17.7 Å². The van der Waals surface area contributed by atoms with Crippen molar-refractivity contribution in [2.24, 2.45) is 0 Å². The van der Waals surface area contributed by atoms with Crippen molar-refractivity contribution < 1.29 is 14.7 Å². The Labute approximate surface area is 108 Å². The zero-order chi connectivity index (χ0) is 12.4. The molecule has 1 heterocycles. The van der Waals surface area contributed by atoms with Crippen molar-refractivity contribution in [1.29, 1.82) is 0 Å². The van der Waals surface area contributed by atoms with Crippen LogP contribution in [0.5, 0.6) is 0 Å². The minimum absolute atomic E-state index is 0.0670. The Morgan fingerprint density at radius 2 is 2.12 bits per heavy atom. The van der Waals surface area contributed by atoms with Gasteiger partial charge in [-0.1, -0.05) is 12.1 Å². The number of carboxylic acid groups (broad SMARTS) is 1. The van der Waals surface area contributed by atoms with E-state index in [2.05, 4.69) is 12.6 Å². The minimum atomic E-state index is -0.948. The highest BCUT2D eigenvalue weighted by atomic mass is 32.2. The second kappa shape index (κ2) is 5.01. The van der Waals surface area contributed by atoms with Crippen molar-refractivity contribution in [2.45, 2.75) is 11.3 Å². The summed E-state index contributed by atoms with van der Waals surface area (Å²) in [6, 6.07) is 6.53. The summed E-state index contributed by atoms with van der Waals surface area (Å²) in [5.74, 6) is -0.421. The molecule has 4 nitrogen and oxygen atoms in total. The topological polar surface area (TPSA) is 57.6 Å². The monoisotopic (exact) mass is 269 g/mol. The Hall–Kier alpha value is -1.14. The molecule has 1 aliphatic heterocycles. The number of nitrogens with zero attached hydrogens (tertiary/aromatic N) is 1. The molecule has 17 heavy (non-hydrogen) atoms. The van der Waals surface area contributed by atoms with Gasteiger partial charge in [0.25, 0.3) is 0 Å². The average molecular weight is 269 g/mol. The van der Waals surface area contributed by atoms with Gasteiger partial charge in [0.05, 0.1) is 11.3 Å². The summed E-state index contributed by atoms with van der Waals surface area (Å²) in [5.41, 5.74) is 1.16. The molecular weight excluding hydrogens is 258 g/mol. The van der Waals surface area contributed by atoms with Crippen molar-refractivity contribution in [2.75, 3.05) is 5.75 Å². The Bertz CT molecular complexity index is 447. The van der Waals surface area contributed by atoms with Gasteiger partial charge in [-0.3, -0.25) is 4.79 Å². The minimum Gasteiger partial charge on any atom is -0.478 e. The zero-order valence-corrected chi connectivity index (χ0v) is 10.6. The molecule has 1 unspecified atom stereocenters. The van der Waals surface area contributed by atoms with Crippen LogP contribution in [0.2, 0.25) is 0 Å². The van der Waals surface area contributed by atoms with E-state index in [0.29, 0.717) is 12.3 Å². The van der Waals surface area contributed by atoms with Crippen molar-refractivity contribution in [1.82, 2.24) is 4.90 Å². The second-order valence-corrected chi connectivity index (χ2v) is 5.57. The van der Waals surface area contributed by atoms with Crippen LogP contribution in [0.4, 0.5) is 0 Å². The quantitative estimate of drug-likeness (QED) is 0.820. The van der Waals surface area contributed by atoms with Crippen LogP contribution in [-0.2, 0) is 11.3 Å². The molecule has 0 radical (unpaired) electrons. The number of hydrogen-bond donors (Lipinski definition) is 2.